The number of ether oxygens (including phenoxy) is 2. The number of hydrogen-bond acceptors (Lipinski definition) is 5. The van der Waals surface area contributed by atoms with Gasteiger partial charge in [-0.05, 0) is 77.7 Å². The van der Waals surface area contributed by atoms with Crippen molar-refractivity contribution < 1.29 is 23.9 Å². The second-order valence-electron chi connectivity index (χ2n) is 7.00. The number of imide groups is 2. The number of terminal acetylenes is 1. The van der Waals surface area contributed by atoms with Gasteiger partial charge >= 0.3 is 6.03 Å². The normalized spacial score (nSPS) is 14.9. The molecule has 0 aromatic heterocycles. The molecule has 7 nitrogen and oxygen atoms in total. The Morgan fingerprint density at radius 1 is 1.16 bits per heavy atom. The molecule has 0 bridgehead atoms. The number of anilines is 1. The molecule has 0 saturated carbocycles. The number of aryl methyl sites for hydroxylation is 2. The first-order chi connectivity index (χ1) is 15.3. The number of halogens is 1. The molecule has 3 rings (SSSR count). The molecule has 32 heavy (non-hydrogen) atoms. The van der Waals surface area contributed by atoms with Gasteiger partial charge in [0.25, 0.3) is 11.8 Å². The van der Waals surface area contributed by atoms with Gasteiger partial charge in [0.05, 0.1) is 16.8 Å². The van der Waals surface area contributed by atoms with E-state index in [2.05, 4.69) is 27.2 Å². The molecule has 1 saturated heterocycles. The summed E-state index contributed by atoms with van der Waals surface area (Å²) >= 11 is 3.42. The van der Waals surface area contributed by atoms with E-state index in [9.17, 15) is 14.4 Å². The zero-order valence-corrected chi connectivity index (χ0v) is 19.4. The van der Waals surface area contributed by atoms with Crippen LogP contribution >= 0.6 is 15.9 Å². The Morgan fingerprint density at radius 3 is 2.59 bits per heavy atom. The summed E-state index contributed by atoms with van der Waals surface area (Å²) in [5, 5.41) is 2.24. The van der Waals surface area contributed by atoms with Crippen LogP contribution in [0.25, 0.3) is 6.08 Å². The molecule has 2 aromatic carbocycles. The van der Waals surface area contributed by atoms with Crippen molar-refractivity contribution >= 4 is 45.5 Å². The highest BCUT2D eigenvalue weighted by atomic mass is 79.9. The van der Waals surface area contributed by atoms with Crippen LogP contribution < -0.4 is 19.7 Å². The molecule has 1 heterocycles. The van der Waals surface area contributed by atoms with Crippen molar-refractivity contribution in [2.45, 2.75) is 20.8 Å². The SMILES string of the molecule is C#CCOc1c(Br)cc(/C=C2\C(=O)NC(=O)N(c3cc(C)ccc3C)C2=O)cc1OCC. The lowest BCUT2D eigenvalue weighted by Gasteiger charge is -2.28. The van der Waals surface area contributed by atoms with E-state index in [1.165, 1.54) is 6.08 Å². The number of urea groups is 1. The molecule has 0 spiro atoms. The molecule has 1 fully saturated rings. The fraction of sp³-hybridized carbons (Fsp3) is 0.208. The number of carbonyl (C=O) groups is 3. The molecule has 0 radical (unpaired) electrons. The molecule has 1 aliphatic heterocycles. The van der Waals surface area contributed by atoms with Gasteiger partial charge in [-0.25, -0.2) is 9.69 Å². The van der Waals surface area contributed by atoms with E-state index in [-0.39, 0.29) is 12.2 Å². The highest BCUT2D eigenvalue weighted by Crippen LogP contribution is 2.38. The number of hydrogen-bond donors (Lipinski definition) is 1. The topological polar surface area (TPSA) is 84.9 Å². The van der Waals surface area contributed by atoms with Crippen LogP contribution in [0.5, 0.6) is 11.5 Å². The molecule has 164 valence electrons. The molecule has 0 unspecified atom stereocenters. The van der Waals surface area contributed by atoms with Crippen molar-refractivity contribution in [2.75, 3.05) is 18.1 Å². The summed E-state index contributed by atoms with van der Waals surface area (Å²) in [6.45, 7) is 5.87. The molecule has 1 aliphatic rings. The van der Waals surface area contributed by atoms with E-state index in [0.717, 1.165) is 16.0 Å². The lowest BCUT2D eigenvalue weighted by molar-refractivity contribution is -0.122. The van der Waals surface area contributed by atoms with E-state index in [1.807, 2.05) is 26.0 Å². The van der Waals surface area contributed by atoms with E-state index < -0.39 is 17.8 Å². The predicted molar refractivity (Wildman–Crippen MR) is 125 cm³/mol. The maximum absolute atomic E-state index is 13.2. The van der Waals surface area contributed by atoms with Gasteiger partial charge in [-0.15, -0.1) is 6.42 Å². The van der Waals surface area contributed by atoms with Crippen molar-refractivity contribution in [3.8, 4) is 23.8 Å². The van der Waals surface area contributed by atoms with Gasteiger partial charge in [-0.1, -0.05) is 18.1 Å². The Morgan fingerprint density at radius 2 is 1.91 bits per heavy atom. The second-order valence-corrected chi connectivity index (χ2v) is 7.86. The third kappa shape index (κ3) is 4.68. The van der Waals surface area contributed by atoms with Gasteiger partial charge in [0.2, 0.25) is 0 Å². The molecule has 1 N–H and O–H groups in total. The number of amides is 4. The molecule has 0 atom stereocenters. The molecule has 2 aromatic rings. The smallest absolute Gasteiger partial charge is 0.335 e. The zero-order chi connectivity index (χ0) is 23.4. The van der Waals surface area contributed by atoms with Crippen LogP contribution in [0.15, 0.2) is 40.4 Å². The molecule has 0 aliphatic carbocycles. The van der Waals surface area contributed by atoms with E-state index in [1.54, 1.807) is 25.1 Å². The molecular weight excluding hydrogens is 476 g/mol. The van der Waals surface area contributed by atoms with E-state index in [0.29, 0.717) is 33.8 Å². The van der Waals surface area contributed by atoms with Crippen LogP contribution in [-0.4, -0.2) is 31.1 Å². The first kappa shape index (κ1) is 23.1. The Kier molecular flexibility index (Phi) is 7.01. The standard InChI is InChI=1S/C24H21BrN2O5/c1-5-9-32-21-18(25)12-16(13-20(21)31-6-2)11-17-22(28)26-24(30)27(23(17)29)19-10-14(3)7-8-15(19)4/h1,7-8,10-13H,6,9H2,2-4H3,(H,26,28,30)/b17-11+. The van der Waals surface area contributed by atoms with Crippen LogP contribution in [0.4, 0.5) is 10.5 Å². The van der Waals surface area contributed by atoms with Crippen LogP contribution in [0.3, 0.4) is 0 Å². The first-order valence-corrected chi connectivity index (χ1v) is 10.6. The van der Waals surface area contributed by atoms with Gasteiger partial charge in [-0.3, -0.25) is 14.9 Å². The third-order valence-electron chi connectivity index (χ3n) is 4.65. The summed E-state index contributed by atoms with van der Waals surface area (Å²) in [5.41, 5.74) is 2.34. The van der Waals surface area contributed by atoms with Crippen molar-refractivity contribution in [3.05, 3.63) is 57.1 Å². The predicted octanol–water partition coefficient (Wildman–Crippen LogP) is 4.14. The summed E-state index contributed by atoms with van der Waals surface area (Å²) in [6.07, 6.45) is 6.68. The highest BCUT2D eigenvalue weighted by Gasteiger charge is 2.37. The second kappa shape index (κ2) is 9.71. The minimum atomic E-state index is -0.792. The number of rotatable bonds is 6. The number of barbiturate groups is 1. The van der Waals surface area contributed by atoms with Gasteiger partial charge in [0.15, 0.2) is 11.5 Å². The van der Waals surface area contributed by atoms with E-state index in [4.69, 9.17) is 15.9 Å². The van der Waals surface area contributed by atoms with Crippen LogP contribution in [-0.2, 0) is 9.59 Å². The minimum Gasteiger partial charge on any atom is -0.490 e. The Bertz CT molecular complexity index is 1180. The van der Waals surface area contributed by atoms with Crippen LogP contribution in [0.2, 0.25) is 0 Å². The first-order valence-electron chi connectivity index (χ1n) is 9.78. The van der Waals surface area contributed by atoms with Gasteiger partial charge in [-0.2, -0.15) is 0 Å². The van der Waals surface area contributed by atoms with Gasteiger partial charge in [0, 0.05) is 0 Å². The summed E-state index contributed by atoms with van der Waals surface area (Å²) in [4.78, 5) is 39.2. The van der Waals surface area contributed by atoms with E-state index >= 15 is 0 Å². The molecule has 4 amide bonds. The average molecular weight is 497 g/mol. The fourth-order valence-electron chi connectivity index (χ4n) is 3.19. The van der Waals surface area contributed by atoms with Gasteiger partial charge < -0.3 is 9.47 Å². The quantitative estimate of drug-likeness (QED) is 0.369. The Labute approximate surface area is 194 Å². The summed E-state index contributed by atoms with van der Waals surface area (Å²) in [6, 6.07) is 7.92. The van der Waals surface area contributed by atoms with Crippen molar-refractivity contribution in [2.24, 2.45) is 0 Å². The summed E-state index contributed by atoms with van der Waals surface area (Å²) < 4.78 is 11.7. The molecular formula is C24H21BrN2O5. The van der Waals surface area contributed by atoms with Crippen molar-refractivity contribution in [1.82, 2.24) is 5.32 Å². The number of benzene rings is 2. The summed E-state index contributed by atoms with van der Waals surface area (Å²) in [7, 11) is 0. The molecule has 8 heteroatoms. The number of nitrogens with zero attached hydrogens (tertiary/aromatic N) is 1. The Balaban J connectivity index is 2.06. The monoisotopic (exact) mass is 496 g/mol. The van der Waals surface area contributed by atoms with Crippen molar-refractivity contribution in [3.63, 3.8) is 0 Å². The zero-order valence-electron chi connectivity index (χ0n) is 17.8. The highest BCUT2D eigenvalue weighted by molar-refractivity contribution is 9.10. The maximum Gasteiger partial charge on any atom is 0.335 e. The van der Waals surface area contributed by atoms with Gasteiger partial charge in [0.1, 0.15) is 12.2 Å². The number of nitrogens with one attached hydrogen (secondary N) is 1. The lowest BCUT2D eigenvalue weighted by atomic mass is 10.0. The lowest BCUT2D eigenvalue weighted by Crippen LogP contribution is -2.54. The maximum atomic E-state index is 13.2. The fourth-order valence-corrected chi connectivity index (χ4v) is 3.77. The average Bonchev–Trinajstić information content (AvgIpc) is 2.73. The third-order valence-corrected chi connectivity index (χ3v) is 5.24. The number of carbonyl (C=O) groups excluding carboxylic acids is 3. The minimum absolute atomic E-state index is 0.0485. The van der Waals surface area contributed by atoms with Crippen LogP contribution in [0.1, 0.15) is 23.6 Å². The van der Waals surface area contributed by atoms with Crippen molar-refractivity contribution in [1.29, 1.82) is 0 Å². The largest absolute Gasteiger partial charge is 0.490 e. The Hall–Kier alpha value is -3.57. The van der Waals surface area contributed by atoms with Crippen LogP contribution in [0, 0.1) is 26.2 Å². The summed E-state index contributed by atoms with van der Waals surface area (Å²) in [5.74, 6) is 1.72.